The number of pyridine rings is 1. The summed E-state index contributed by atoms with van der Waals surface area (Å²) in [6, 6.07) is 9.01. The number of carboxylic acid groups (broad SMARTS) is 1. The topological polar surface area (TPSA) is 91.3 Å². The first-order valence-corrected chi connectivity index (χ1v) is 9.63. The first-order chi connectivity index (χ1) is 13.5. The highest BCUT2D eigenvalue weighted by molar-refractivity contribution is 6.33. The van der Waals surface area contributed by atoms with Crippen LogP contribution in [0.15, 0.2) is 42.6 Å². The van der Waals surface area contributed by atoms with E-state index in [0.717, 1.165) is 43.1 Å². The van der Waals surface area contributed by atoms with Gasteiger partial charge in [-0.3, -0.25) is 4.79 Å². The number of rotatable bonds is 6. The fraction of sp³-hybridized carbons (Fsp3) is 0.286. The van der Waals surface area contributed by atoms with Crippen LogP contribution in [0.3, 0.4) is 0 Å². The van der Waals surface area contributed by atoms with Gasteiger partial charge in [0.2, 0.25) is 5.91 Å². The third kappa shape index (κ3) is 5.57. The van der Waals surface area contributed by atoms with Gasteiger partial charge in [-0.1, -0.05) is 36.9 Å². The Morgan fingerprint density at radius 3 is 2.61 bits per heavy atom. The Balaban J connectivity index is 1.67. The number of hydrogen-bond donors (Lipinski definition) is 3. The average Bonchev–Trinajstić information content (AvgIpc) is 2.69. The molecule has 3 rings (SSSR count). The van der Waals surface area contributed by atoms with E-state index in [9.17, 15) is 9.59 Å². The molecule has 1 aliphatic rings. The molecule has 2 aromatic rings. The standard InChI is InChI=1S/C21H22ClN3O3/c22-18-11-14(9-10-19(26)27)13-23-20(18)24-16-7-4-8-17(12-16)25-21(28)15-5-2-1-3-6-15/h4,7-13,15H,1-3,5-6H2,(H,23,24)(H,25,28)(H,26,27). The fourth-order valence-electron chi connectivity index (χ4n) is 3.22. The lowest BCUT2D eigenvalue weighted by atomic mass is 9.88. The van der Waals surface area contributed by atoms with E-state index in [1.54, 1.807) is 6.07 Å². The van der Waals surface area contributed by atoms with Gasteiger partial charge >= 0.3 is 5.97 Å². The fourth-order valence-corrected chi connectivity index (χ4v) is 3.45. The lowest BCUT2D eigenvalue weighted by Crippen LogP contribution is -2.24. The summed E-state index contributed by atoms with van der Waals surface area (Å²) in [4.78, 5) is 27.3. The molecule has 1 aromatic heterocycles. The van der Waals surface area contributed by atoms with Crippen molar-refractivity contribution >= 4 is 46.7 Å². The maximum Gasteiger partial charge on any atom is 0.328 e. The Hall–Kier alpha value is -2.86. The number of nitrogens with zero attached hydrogens (tertiary/aromatic N) is 1. The first-order valence-electron chi connectivity index (χ1n) is 9.26. The predicted molar refractivity (Wildman–Crippen MR) is 111 cm³/mol. The quantitative estimate of drug-likeness (QED) is 0.588. The van der Waals surface area contributed by atoms with Crippen molar-refractivity contribution < 1.29 is 14.7 Å². The number of benzene rings is 1. The number of carbonyl (C=O) groups is 2. The van der Waals surface area contributed by atoms with Gasteiger partial charge in [0.15, 0.2) is 0 Å². The van der Waals surface area contributed by atoms with Gasteiger partial charge in [-0.05, 0) is 48.7 Å². The Bertz CT molecular complexity index is 892. The summed E-state index contributed by atoms with van der Waals surface area (Å²) in [6.45, 7) is 0. The number of nitrogens with one attached hydrogen (secondary N) is 2. The summed E-state index contributed by atoms with van der Waals surface area (Å²) >= 11 is 6.24. The zero-order valence-corrected chi connectivity index (χ0v) is 16.1. The van der Waals surface area contributed by atoms with Crippen LogP contribution in [0, 0.1) is 5.92 Å². The first kappa shape index (κ1) is 19.9. The highest BCUT2D eigenvalue weighted by Gasteiger charge is 2.21. The van der Waals surface area contributed by atoms with Crippen LogP contribution in [0.5, 0.6) is 0 Å². The molecule has 0 aliphatic heterocycles. The average molecular weight is 400 g/mol. The van der Waals surface area contributed by atoms with E-state index >= 15 is 0 Å². The largest absolute Gasteiger partial charge is 0.478 e. The Morgan fingerprint density at radius 2 is 1.89 bits per heavy atom. The molecule has 7 heteroatoms. The summed E-state index contributed by atoms with van der Waals surface area (Å²) < 4.78 is 0. The number of aromatic nitrogens is 1. The number of anilines is 3. The van der Waals surface area contributed by atoms with Crippen LogP contribution in [0.2, 0.25) is 5.02 Å². The molecule has 1 aliphatic carbocycles. The zero-order chi connectivity index (χ0) is 19.9. The van der Waals surface area contributed by atoms with E-state index in [1.165, 1.54) is 18.7 Å². The van der Waals surface area contributed by atoms with Gasteiger partial charge in [0, 0.05) is 29.6 Å². The molecule has 1 saturated carbocycles. The van der Waals surface area contributed by atoms with Crippen molar-refractivity contribution in [3.8, 4) is 0 Å². The second-order valence-corrected chi connectivity index (χ2v) is 7.21. The number of halogens is 1. The predicted octanol–water partition coefficient (Wildman–Crippen LogP) is 5.10. The summed E-state index contributed by atoms with van der Waals surface area (Å²) in [5.74, 6) is -0.425. The lowest BCUT2D eigenvalue weighted by molar-refractivity contribution is -0.131. The van der Waals surface area contributed by atoms with E-state index in [0.29, 0.717) is 16.4 Å². The van der Waals surface area contributed by atoms with E-state index in [1.807, 2.05) is 24.3 Å². The maximum atomic E-state index is 12.4. The molecule has 0 radical (unpaired) electrons. The van der Waals surface area contributed by atoms with Crippen LogP contribution in [-0.2, 0) is 9.59 Å². The number of carboxylic acids is 1. The minimum Gasteiger partial charge on any atom is -0.478 e. The van der Waals surface area contributed by atoms with E-state index in [2.05, 4.69) is 15.6 Å². The Morgan fingerprint density at radius 1 is 1.14 bits per heavy atom. The smallest absolute Gasteiger partial charge is 0.328 e. The molecule has 1 amide bonds. The summed E-state index contributed by atoms with van der Waals surface area (Å²) in [5.41, 5.74) is 2.05. The van der Waals surface area contributed by atoms with E-state index in [4.69, 9.17) is 16.7 Å². The van der Waals surface area contributed by atoms with Crippen LogP contribution < -0.4 is 10.6 Å². The van der Waals surface area contributed by atoms with Crippen LogP contribution in [0.25, 0.3) is 6.08 Å². The molecular weight excluding hydrogens is 378 g/mol. The van der Waals surface area contributed by atoms with Gasteiger partial charge in [-0.2, -0.15) is 0 Å². The molecule has 0 bridgehead atoms. The third-order valence-electron chi connectivity index (χ3n) is 4.65. The molecule has 6 nitrogen and oxygen atoms in total. The maximum absolute atomic E-state index is 12.4. The minimum atomic E-state index is -1.04. The van der Waals surface area contributed by atoms with Crippen LogP contribution >= 0.6 is 11.6 Å². The molecule has 28 heavy (non-hydrogen) atoms. The second kappa shape index (κ2) is 9.37. The molecule has 0 spiro atoms. The second-order valence-electron chi connectivity index (χ2n) is 6.80. The van der Waals surface area contributed by atoms with Crippen molar-refractivity contribution in [1.29, 1.82) is 0 Å². The third-order valence-corrected chi connectivity index (χ3v) is 4.94. The van der Waals surface area contributed by atoms with Gasteiger partial charge in [0.25, 0.3) is 0 Å². The molecule has 0 unspecified atom stereocenters. The van der Waals surface area contributed by atoms with Gasteiger partial charge in [-0.15, -0.1) is 0 Å². The van der Waals surface area contributed by atoms with Crippen molar-refractivity contribution in [3.63, 3.8) is 0 Å². The number of amides is 1. The molecule has 146 valence electrons. The Labute approximate surface area is 168 Å². The molecule has 1 fully saturated rings. The van der Waals surface area contributed by atoms with Gasteiger partial charge in [0.1, 0.15) is 5.82 Å². The van der Waals surface area contributed by atoms with Crippen LogP contribution in [-0.4, -0.2) is 22.0 Å². The monoisotopic (exact) mass is 399 g/mol. The van der Waals surface area contributed by atoms with Crippen molar-refractivity contribution in [1.82, 2.24) is 4.98 Å². The van der Waals surface area contributed by atoms with Crippen molar-refractivity contribution in [3.05, 3.63) is 53.2 Å². The van der Waals surface area contributed by atoms with Crippen molar-refractivity contribution in [2.75, 3.05) is 10.6 Å². The van der Waals surface area contributed by atoms with Crippen LogP contribution in [0.4, 0.5) is 17.2 Å². The highest BCUT2D eigenvalue weighted by atomic mass is 35.5. The molecule has 0 saturated heterocycles. The van der Waals surface area contributed by atoms with E-state index < -0.39 is 5.97 Å². The minimum absolute atomic E-state index is 0.0718. The number of aliphatic carboxylic acids is 1. The van der Waals surface area contributed by atoms with Crippen LogP contribution in [0.1, 0.15) is 37.7 Å². The van der Waals surface area contributed by atoms with Gasteiger partial charge in [0.05, 0.1) is 5.02 Å². The summed E-state index contributed by atoms with van der Waals surface area (Å²) in [6.07, 6.45) is 9.32. The van der Waals surface area contributed by atoms with Crippen molar-refractivity contribution in [2.45, 2.75) is 32.1 Å². The molecule has 0 atom stereocenters. The van der Waals surface area contributed by atoms with Gasteiger partial charge in [-0.25, -0.2) is 9.78 Å². The van der Waals surface area contributed by atoms with Gasteiger partial charge < -0.3 is 15.7 Å². The highest BCUT2D eigenvalue weighted by Crippen LogP contribution is 2.28. The molecule has 1 heterocycles. The molecule has 1 aromatic carbocycles. The summed E-state index contributed by atoms with van der Waals surface area (Å²) in [7, 11) is 0. The lowest BCUT2D eigenvalue weighted by Gasteiger charge is -2.21. The zero-order valence-electron chi connectivity index (χ0n) is 15.3. The Kier molecular flexibility index (Phi) is 6.66. The molecular formula is C21H22ClN3O3. The number of hydrogen-bond acceptors (Lipinski definition) is 4. The normalized spacial score (nSPS) is 14.8. The van der Waals surface area contributed by atoms with Crippen molar-refractivity contribution in [2.24, 2.45) is 5.92 Å². The summed E-state index contributed by atoms with van der Waals surface area (Å²) in [5, 5.41) is 15.2. The van der Waals surface area contributed by atoms with E-state index in [-0.39, 0.29) is 11.8 Å². The number of carbonyl (C=O) groups excluding carboxylic acids is 1. The SMILES string of the molecule is O=C(O)C=Cc1cnc(Nc2cccc(NC(=O)C3CCCCC3)c2)c(Cl)c1. The molecule has 3 N–H and O–H groups in total.